The zero-order valence-electron chi connectivity index (χ0n) is 28.7. The Balaban J connectivity index is 3.80. The van der Waals surface area contributed by atoms with Crippen LogP contribution in [0.2, 0.25) is 0 Å². The molecule has 2 N–H and O–H groups in total. The van der Waals surface area contributed by atoms with Crippen LogP contribution in [0.3, 0.4) is 0 Å². The van der Waals surface area contributed by atoms with Crippen molar-refractivity contribution in [2.24, 2.45) is 5.92 Å². The van der Waals surface area contributed by atoms with Gasteiger partial charge in [0.1, 0.15) is 6.61 Å². The molecule has 6 nitrogen and oxygen atoms in total. The lowest BCUT2D eigenvalue weighted by molar-refractivity contribution is -0.161. The smallest absolute Gasteiger partial charge is 0.306 e. The van der Waals surface area contributed by atoms with Crippen LogP contribution in [0.5, 0.6) is 0 Å². The van der Waals surface area contributed by atoms with Gasteiger partial charge in [-0.05, 0) is 44.4 Å². The molecule has 0 rings (SSSR count). The van der Waals surface area contributed by atoms with Crippen molar-refractivity contribution in [3.8, 4) is 0 Å². The van der Waals surface area contributed by atoms with Crippen LogP contribution in [0.1, 0.15) is 162 Å². The van der Waals surface area contributed by atoms with E-state index in [0.717, 1.165) is 38.0 Å². The van der Waals surface area contributed by atoms with Crippen LogP contribution in [0.4, 0.5) is 0 Å². The SMILES string of the molecule is CCCCCCCC/C=C/C/C=C/C=C/C(O)CCCC(=O)O[C@@H](CO)COC(=O)CCCCCCCCCCC(C)CC. The third kappa shape index (κ3) is 30.1. The number of rotatable bonds is 31. The highest BCUT2D eigenvalue weighted by atomic mass is 16.6. The molecule has 0 aliphatic carbocycles. The van der Waals surface area contributed by atoms with E-state index < -0.39 is 24.8 Å². The number of hydrogen-bond donors (Lipinski definition) is 2. The summed E-state index contributed by atoms with van der Waals surface area (Å²) in [6, 6.07) is 0. The molecule has 0 saturated carbocycles. The maximum absolute atomic E-state index is 12.1. The summed E-state index contributed by atoms with van der Waals surface area (Å²) in [4.78, 5) is 24.2. The Kier molecular flexibility index (Phi) is 31.1. The summed E-state index contributed by atoms with van der Waals surface area (Å²) in [7, 11) is 0. The Morgan fingerprint density at radius 1 is 0.705 bits per heavy atom. The van der Waals surface area contributed by atoms with Gasteiger partial charge in [-0.15, -0.1) is 0 Å². The van der Waals surface area contributed by atoms with Gasteiger partial charge in [-0.2, -0.15) is 0 Å². The zero-order chi connectivity index (χ0) is 32.5. The van der Waals surface area contributed by atoms with Crippen molar-refractivity contribution in [3.05, 3.63) is 36.5 Å². The lowest BCUT2D eigenvalue weighted by atomic mass is 9.99. The fourth-order valence-electron chi connectivity index (χ4n) is 4.89. The van der Waals surface area contributed by atoms with Gasteiger partial charge in [-0.25, -0.2) is 0 Å². The minimum absolute atomic E-state index is 0.131. The maximum Gasteiger partial charge on any atom is 0.306 e. The molecular formula is C38H68O6. The molecule has 0 radical (unpaired) electrons. The molecule has 0 saturated heterocycles. The summed E-state index contributed by atoms with van der Waals surface area (Å²) in [6.07, 6.45) is 33.7. The Morgan fingerprint density at radius 2 is 1.34 bits per heavy atom. The molecule has 6 heteroatoms. The van der Waals surface area contributed by atoms with Crippen LogP contribution in [-0.4, -0.2) is 47.6 Å². The number of allylic oxidation sites excluding steroid dienone is 5. The largest absolute Gasteiger partial charge is 0.462 e. The molecule has 3 atom stereocenters. The fourth-order valence-corrected chi connectivity index (χ4v) is 4.89. The topological polar surface area (TPSA) is 93.1 Å². The Hall–Kier alpha value is -1.92. The van der Waals surface area contributed by atoms with Crippen LogP contribution in [0, 0.1) is 5.92 Å². The Morgan fingerprint density at radius 3 is 2.02 bits per heavy atom. The molecule has 0 aromatic carbocycles. The molecule has 0 aromatic rings. The van der Waals surface area contributed by atoms with Crippen molar-refractivity contribution in [3.63, 3.8) is 0 Å². The van der Waals surface area contributed by atoms with E-state index in [9.17, 15) is 19.8 Å². The van der Waals surface area contributed by atoms with Gasteiger partial charge in [0.25, 0.3) is 0 Å². The van der Waals surface area contributed by atoms with Gasteiger partial charge in [0.05, 0.1) is 12.7 Å². The first-order valence-corrected chi connectivity index (χ1v) is 18.0. The van der Waals surface area contributed by atoms with E-state index in [1.165, 1.54) is 83.5 Å². The van der Waals surface area contributed by atoms with Crippen LogP contribution in [0.25, 0.3) is 0 Å². The van der Waals surface area contributed by atoms with E-state index in [2.05, 4.69) is 39.0 Å². The van der Waals surface area contributed by atoms with Crippen LogP contribution >= 0.6 is 0 Å². The first-order valence-electron chi connectivity index (χ1n) is 18.0. The van der Waals surface area contributed by atoms with E-state index >= 15 is 0 Å². The van der Waals surface area contributed by atoms with Gasteiger partial charge < -0.3 is 19.7 Å². The van der Waals surface area contributed by atoms with Gasteiger partial charge in [0.2, 0.25) is 0 Å². The van der Waals surface area contributed by atoms with Crippen molar-refractivity contribution in [2.45, 2.75) is 174 Å². The van der Waals surface area contributed by atoms with E-state index in [1.54, 1.807) is 6.08 Å². The van der Waals surface area contributed by atoms with Crippen LogP contribution in [0.15, 0.2) is 36.5 Å². The number of aliphatic hydroxyl groups excluding tert-OH is 2. The average molecular weight is 621 g/mol. The summed E-state index contributed by atoms with van der Waals surface area (Å²) < 4.78 is 10.5. The fraction of sp³-hybridized carbons (Fsp3) is 0.789. The van der Waals surface area contributed by atoms with Crippen molar-refractivity contribution in [1.29, 1.82) is 0 Å². The zero-order valence-corrected chi connectivity index (χ0v) is 28.7. The number of hydrogen-bond acceptors (Lipinski definition) is 6. The number of esters is 2. The molecule has 0 aromatic heterocycles. The number of ether oxygens (including phenoxy) is 2. The van der Waals surface area contributed by atoms with Crippen LogP contribution < -0.4 is 0 Å². The minimum atomic E-state index is -0.860. The van der Waals surface area contributed by atoms with E-state index in [-0.39, 0.29) is 19.0 Å². The number of carbonyl (C=O) groups excluding carboxylic acids is 2. The molecular weight excluding hydrogens is 552 g/mol. The van der Waals surface area contributed by atoms with Gasteiger partial charge >= 0.3 is 11.9 Å². The molecule has 0 aliphatic heterocycles. The number of aliphatic hydroxyl groups is 2. The second-order valence-corrected chi connectivity index (χ2v) is 12.4. The lowest BCUT2D eigenvalue weighted by Crippen LogP contribution is -2.28. The summed E-state index contributed by atoms with van der Waals surface area (Å²) in [5, 5.41) is 19.6. The van der Waals surface area contributed by atoms with E-state index in [4.69, 9.17) is 9.47 Å². The summed E-state index contributed by atoms with van der Waals surface area (Å²) in [5.74, 6) is 0.0546. The lowest BCUT2D eigenvalue weighted by Gasteiger charge is -2.16. The number of carbonyl (C=O) groups is 2. The highest BCUT2D eigenvalue weighted by Gasteiger charge is 2.16. The number of unbranched alkanes of at least 4 members (excludes halogenated alkanes) is 13. The third-order valence-electron chi connectivity index (χ3n) is 8.08. The summed E-state index contributed by atoms with van der Waals surface area (Å²) >= 11 is 0. The molecule has 0 amide bonds. The first-order chi connectivity index (χ1) is 21.4. The van der Waals surface area contributed by atoms with Crippen molar-refractivity contribution in [1.82, 2.24) is 0 Å². The molecule has 2 unspecified atom stereocenters. The molecule has 0 bridgehead atoms. The quantitative estimate of drug-likeness (QED) is 0.0347. The van der Waals surface area contributed by atoms with E-state index in [0.29, 0.717) is 19.3 Å². The highest BCUT2D eigenvalue weighted by molar-refractivity contribution is 5.70. The summed E-state index contributed by atoms with van der Waals surface area (Å²) in [6.45, 7) is 6.29. The van der Waals surface area contributed by atoms with E-state index in [1.807, 2.05) is 12.2 Å². The second kappa shape index (κ2) is 32.5. The second-order valence-electron chi connectivity index (χ2n) is 12.4. The first kappa shape index (κ1) is 42.1. The molecule has 0 heterocycles. The maximum atomic E-state index is 12.1. The molecule has 0 fully saturated rings. The normalized spacial score (nSPS) is 14.0. The molecule has 44 heavy (non-hydrogen) atoms. The van der Waals surface area contributed by atoms with Gasteiger partial charge in [0.15, 0.2) is 6.10 Å². The molecule has 256 valence electrons. The monoisotopic (exact) mass is 621 g/mol. The van der Waals surface area contributed by atoms with Crippen molar-refractivity contribution < 1.29 is 29.3 Å². The van der Waals surface area contributed by atoms with Gasteiger partial charge in [-0.3, -0.25) is 9.59 Å². The molecule has 0 spiro atoms. The third-order valence-corrected chi connectivity index (χ3v) is 8.08. The average Bonchev–Trinajstić information content (AvgIpc) is 3.02. The molecule has 0 aliphatic rings. The standard InChI is InChI=1S/C38H68O6/c1-4-6-7-8-9-10-11-12-13-14-18-21-24-28-35(40)29-26-31-38(42)44-36(32-39)33-43-37(41)30-25-22-19-16-15-17-20-23-27-34(3)5-2/h12-13,18,21,24,28,34-36,39-40H,4-11,14-17,19-20,22-23,25-27,29-33H2,1-3H3/b13-12+,21-18+,28-24+/t34?,35?,36-/m0/s1. The van der Waals surface area contributed by atoms with Gasteiger partial charge in [-0.1, -0.05) is 147 Å². The highest BCUT2D eigenvalue weighted by Crippen LogP contribution is 2.15. The predicted octanol–water partition coefficient (Wildman–Crippen LogP) is 9.72. The summed E-state index contributed by atoms with van der Waals surface area (Å²) in [5.41, 5.74) is 0. The Labute approximate surface area is 270 Å². The predicted molar refractivity (Wildman–Crippen MR) is 183 cm³/mol. The van der Waals surface area contributed by atoms with Crippen molar-refractivity contribution in [2.75, 3.05) is 13.2 Å². The Bertz CT molecular complexity index is 744. The minimum Gasteiger partial charge on any atom is -0.462 e. The van der Waals surface area contributed by atoms with Gasteiger partial charge in [0, 0.05) is 12.8 Å². The van der Waals surface area contributed by atoms with Crippen LogP contribution in [-0.2, 0) is 19.1 Å². The van der Waals surface area contributed by atoms with Crippen molar-refractivity contribution >= 4 is 11.9 Å².